The van der Waals surface area contributed by atoms with Gasteiger partial charge in [-0.25, -0.2) is 9.18 Å². The summed E-state index contributed by atoms with van der Waals surface area (Å²) in [5.41, 5.74) is -0.245. The van der Waals surface area contributed by atoms with Gasteiger partial charge in [-0.3, -0.25) is 14.9 Å². The Balaban J connectivity index is 2.54. The SMILES string of the molecule is CC(C)(C)N(C(=O)O)C(c1ccccn1)C(O)c1ccc(F)cn1. The molecule has 2 atom stereocenters. The monoisotopic (exact) mass is 333 g/mol. The molecule has 0 bridgehead atoms. The quantitative estimate of drug-likeness (QED) is 0.897. The molecule has 2 rings (SSSR count). The molecule has 0 saturated carbocycles. The van der Waals surface area contributed by atoms with Crippen LogP contribution in [-0.4, -0.2) is 36.7 Å². The Labute approximate surface area is 139 Å². The molecule has 2 N–H and O–H groups in total. The Morgan fingerprint density at radius 1 is 1.17 bits per heavy atom. The van der Waals surface area contributed by atoms with Crippen molar-refractivity contribution in [2.75, 3.05) is 0 Å². The summed E-state index contributed by atoms with van der Waals surface area (Å²) in [5.74, 6) is -0.536. The smallest absolute Gasteiger partial charge is 0.408 e. The first-order valence-corrected chi connectivity index (χ1v) is 7.44. The van der Waals surface area contributed by atoms with E-state index in [1.165, 1.54) is 18.3 Å². The summed E-state index contributed by atoms with van der Waals surface area (Å²) in [4.78, 5) is 21.1. The van der Waals surface area contributed by atoms with Crippen molar-refractivity contribution in [1.29, 1.82) is 0 Å². The van der Waals surface area contributed by atoms with Gasteiger partial charge in [-0.05, 0) is 45.0 Å². The van der Waals surface area contributed by atoms with Gasteiger partial charge in [-0.1, -0.05) is 6.07 Å². The number of hydrogen-bond acceptors (Lipinski definition) is 4. The van der Waals surface area contributed by atoms with Crippen LogP contribution in [0.25, 0.3) is 0 Å². The number of rotatable bonds is 4. The number of carboxylic acid groups (broad SMARTS) is 1. The third-order valence-corrected chi connectivity index (χ3v) is 3.55. The lowest BCUT2D eigenvalue weighted by Gasteiger charge is -2.41. The van der Waals surface area contributed by atoms with E-state index >= 15 is 0 Å². The Hall–Kier alpha value is -2.54. The topological polar surface area (TPSA) is 86.6 Å². The van der Waals surface area contributed by atoms with E-state index in [0.717, 1.165) is 11.1 Å². The average Bonchev–Trinajstić information content (AvgIpc) is 2.51. The maximum absolute atomic E-state index is 13.1. The molecule has 0 aliphatic heterocycles. The van der Waals surface area contributed by atoms with E-state index in [9.17, 15) is 19.4 Å². The molecule has 6 nitrogen and oxygen atoms in total. The van der Waals surface area contributed by atoms with Crippen LogP contribution >= 0.6 is 0 Å². The van der Waals surface area contributed by atoms with Crippen molar-refractivity contribution in [2.45, 2.75) is 38.5 Å². The van der Waals surface area contributed by atoms with Crippen LogP contribution in [0.1, 0.15) is 44.3 Å². The number of carbonyl (C=O) groups is 1. The van der Waals surface area contributed by atoms with Crippen molar-refractivity contribution in [3.05, 3.63) is 59.9 Å². The number of nitrogens with zero attached hydrogens (tertiary/aromatic N) is 3. The summed E-state index contributed by atoms with van der Waals surface area (Å²) in [6, 6.07) is 6.57. The molecule has 7 heteroatoms. The highest BCUT2D eigenvalue weighted by Gasteiger charge is 2.40. The van der Waals surface area contributed by atoms with Crippen molar-refractivity contribution in [3.8, 4) is 0 Å². The van der Waals surface area contributed by atoms with Crippen LogP contribution < -0.4 is 0 Å². The van der Waals surface area contributed by atoms with Crippen molar-refractivity contribution < 1.29 is 19.4 Å². The summed E-state index contributed by atoms with van der Waals surface area (Å²) < 4.78 is 13.1. The van der Waals surface area contributed by atoms with E-state index in [1.54, 1.807) is 39.0 Å². The van der Waals surface area contributed by atoms with Crippen LogP contribution in [0.4, 0.5) is 9.18 Å². The molecule has 0 fully saturated rings. The first-order valence-electron chi connectivity index (χ1n) is 7.44. The van der Waals surface area contributed by atoms with Gasteiger partial charge in [0.2, 0.25) is 0 Å². The molecule has 24 heavy (non-hydrogen) atoms. The van der Waals surface area contributed by atoms with E-state index < -0.39 is 29.6 Å². The zero-order chi connectivity index (χ0) is 17.9. The number of amides is 1. The van der Waals surface area contributed by atoms with E-state index in [4.69, 9.17) is 0 Å². The highest BCUT2D eigenvalue weighted by molar-refractivity contribution is 5.67. The van der Waals surface area contributed by atoms with Gasteiger partial charge < -0.3 is 10.2 Å². The summed E-state index contributed by atoms with van der Waals surface area (Å²) >= 11 is 0. The van der Waals surface area contributed by atoms with Crippen LogP contribution in [0.2, 0.25) is 0 Å². The van der Waals surface area contributed by atoms with Crippen molar-refractivity contribution in [2.24, 2.45) is 0 Å². The second-order valence-corrected chi connectivity index (χ2v) is 6.37. The normalized spacial score (nSPS) is 14.0. The highest BCUT2D eigenvalue weighted by Crippen LogP contribution is 2.36. The Bertz CT molecular complexity index is 686. The third kappa shape index (κ3) is 3.86. The minimum absolute atomic E-state index is 0.169. The number of aliphatic hydroxyl groups is 1. The number of hydrogen-bond donors (Lipinski definition) is 2. The third-order valence-electron chi connectivity index (χ3n) is 3.55. The molecule has 2 unspecified atom stereocenters. The Morgan fingerprint density at radius 3 is 2.33 bits per heavy atom. The van der Waals surface area contributed by atoms with Gasteiger partial charge in [0, 0.05) is 11.7 Å². The van der Waals surface area contributed by atoms with Gasteiger partial charge >= 0.3 is 6.09 Å². The lowest BCUT2D eigenvalue weighted by Crippen LogP contribution is -2.49. The fourth-order valence-electron chi connectivity index (χ4n) is 2.53. The van der Waals surface area contributed by atoms with Crippen LogP contribution in [0.3, 0.4) is 0 Å². The lowest BCUT2D eigenvalue weighted by atomic mass is 9.95. The van der Waals surface area contributed by atoms with Crippen LogP contribution in [0, 0.1) is 5.82 Å². The molecule has 1 amide bonds. The molecule has 0 aliphatic rings. The molecule has 0 aromatic carbocycles. The average molecular weight is 333 g/mol. The summed E-state index contributed by atoms with van der Waals surface area (Å²) in [6.07, 6.45) is 0.0154. The number of aliphatic hydroxyl groups excluding tert-OH is 1. The number of halogens is 1. The van der Waals surface area contributed by atoms with Gasteiger partial charge in [0.25, 0.3) is 0 Å². The summed E-state index contributed by atoms with van der Waals surface area (Å²) in [6.45, 7) is 5.17. The molecule has 0 spiro atoms. The molecular weight excluding hydrogens is 313 g/mol. The molecule has 2 aromatic rings. The van der Waals surface area contributed by atoms with E-state index in [2.05, 4.69) is 9.97 Å². The molecule has 2 aromatic heterocycles. The van der Waals surface area contributed by atoms with Gasteiger partial charge in [0.05, 0.1) is 17.6 Å². The first kappa shape index (κ1) is 17.8. The maximum atomic E-state index is 13.1. The van der Waals surface area contributed by atoms with Crippen molar-refractivity contribution in [1.82, 2.24) is 14.9 Å². The van der Waals surface area contributed by atoms with E-state index in [-0.39, 0.29) is 5.69 Å². The standard InChI is InChI=1S/C17H20FN3O3/c1-17(2,3)21(16(23)24)14(12-6-4-5-9-19-12)15(22)13-8-7-11(18)10-20-13/h4-10,14-15,22H,1-3H3,(H,23,24). The van der Waals surface area contributed by atoms with Crippen LogP contribution in [-0.2, 0) is 0 Å². The molecular formula is C17H20FN3O3. The summed E-state index contributed by atoms with van der Waals surface area (Å²) in [7, 11) is 0. The maximum Gasteiger partial charge on any atom is 0.408 e. The van der Waals surface area contributed by atoms with Crippen molar-refractivity contribution in [3.63, 3.8) is 0 Å². The minimum atomic E-state index is -1.30. The highest BCUT2D eigenvalue weighted by atomic mass is 19.1. The van der Waals surface area contributed by atoms with Gasteiger partial charge in [0.1, 0.15) is 18.0 Å². The Kier molecular flexibility index (Phi) is 5.14. The predicted octanol–water partition coefficient (Wildman–Crippen LogP) is 3.17. The zero-order valence-electron chi connectivity index (χ0n) is 13.7. The van der Waals surface area contributed by atoms with E-state index in [0.29, 0.717) is 5.69 Å². The van der Waals surface area contributed by atoms with Crippen molar-refractivity contribution >= 4 is 6.09 Å². The minimum Gasteiger partial charge on any atom is -0.465 e. The van der Waals surface area contributed by atoms with Gasteiger partial charge in [-0.2, -0.15) is 0 Å². The summed E-state index contributed by atoms with van der Waals surface area (Å²) in [5, 5.41) is 20.5. The Morgan fingerprint density at radius 2 is 1.88 bits per heavy atom. The van der Waals surface area contributed by atoms with E-state index in [1.807, 2.05) is 0 Å². The second kappa shape index (κ2) is 6.92. The zero-order valence-corrected chi connectivity index (χ0v) is 13.7. The first-order chi connectivity index (χ1) is 11.2. The number of aromatic nitrogens is 2. The van der Waals surface area contributed by atoms with Crippen LogP contribution in [0.15, 0.2) is 42.7 Å². The van der Waals surface area contributed by atoms with Gasteiger partial charge in [-0.15, -0.1) is 0 Å². The fraction of sp³-hybridized carbons (Fsp3) is 0.353. The molecule has 2 heterocycles. The largest absolute Gasteiger partial charge is 0.465 e. The second-order valence-electron chi connectivity index (χ2n) is 6.37. The predicted molar refractivity (Wildman–Crippen MR) is 85.7 cm³/mol. The number of pyridine rings is 2. The molecule has 128 valence electrons. The molecule has 0 aliphatic carbocycles. The van der Waals surface area contributed by atoms with Gasteiger partial charge in [0.15, 0.2) is 0 Å². The molecule has 0 radical (unpaired) electrons. The molecule has 0 saturated heterocycles. The van der Waals surface area contributed by atoms with Crippen LogP contribution in [0.5, 0.6) is 0 Å². The lowest BCUT2D eigenvalue weighted by molar-refractivity contribution is 0.00157. The fourth-order valence-corrected chi connectivity index (χ4v) is 2.53.